The van der Waals surface area contributed by atoms with Gasteiger partial charge in [-0.15, -0.1) is 6.58 Å². The van der Waals surface area contributed by atoms with Gasteiger partial charge in [-0.2, -0.15) is 5.10 Å². The molecule has 2 aromatic carbocycles. The second-order valence-electron chi connectivity index (χ2n) is 5.68. The van der Waals surface area contributed by atoms with Gasteiger partial charge in [-0.1, -0.05) is 22.0 Å². The van der Waals surface area contributed by atoms with Crippen LogP contribution in [0.5, 0.6) is 5.75 Å². The molecule has 3 rings (SSSR count). The smallest absolute Gasteiger partial charge is 0.307 e. The van der Waals surface area contributed by atoms with Gasteiger partial charge in [0.05, 0.1) is 17.8 Å². The zero-order valence-electron chi connectivity index (χ0n) is 14.5. The highest BCUT2D eigenvalue weighted by Gasteiger charge is 2.12. The summed E-state index contributed by atoms with van der Waals surface area (Å²) in [7, 11) is 1.62. The van der Waals surface area contributed by atoms with E-state index < -0.39 is 5.91 Å². The SMILES string of the molecule is C=CCc1cc(/C=N/NC(=O)c2cc3cc(Br)ccc3o2)cc(Br)c1OC. The van der Waals surface area contributed by atoms with Gasteiger partial charge in [-0.25, -0.2) is 5.43 Å². The number of fused-ring (bicyclic) bond motifs is 1. The summed E-state index contributed by atoms with van der Waals surface area (Å²) in [5.41, 5.74) is 4.90. The van der Waals surface area contributed by atoms with Gasteiger partial charge in [0.15, 0.2) is 5.76 Å². The van der Waals surface area contributed by atoms with Gasteiger partial charge in [0, 0.05) is 9.86 Å². The Balaban J connectivity index is 1.76. The number of halogens is 2. The molecule has 0 aliphatic rings. The number of furan rings is 1. The molecule has 1 amide bonds. The molecule has 138 valence electrons. The van der Waals surface area contributed by atoms with Crippen LogP contribution in [0, 0.1) is 0 Å². The molecule has 0 saturated carbocycles. The number of hydrogen-bond donors (Lipinski definition) is 1. The van der Waals surface area contributed by atoms with E-state index >= 15 is 0 Å². The first-order valence-corrected chi connectivity index (χ1v) is 9.60. The predicted octanol–water partition coefficient (Wildman–Crippen LogP) is 5.46. The van der Waals surface area contributed by atoms with Crippen molar-refractivity contribution in [3.8, 4) is 5.75 Å². The van der Waals surface area contributed by atoms with Crippen molar-refractivity contribution in [2.24, 2.45) is 5.10 Å². The van der Waals surface area contributed by atoms with Gasteiger partial charge in [0.25, 0.3) is 0 Å². The molecule has 7 heteroatoms. The van der Waals surface area contributed by atoms with Gasteiger partial charge in [0.2, 0.25) is 0 Å². The van der Waals surface area contributed by atoms with Crippen LogP contribution in [-0.4, -0.2) is 19.2 Å². The van der Waals surface area contributed by atoms with Crippen LogP contribution in [0.15, 0.2) is 67.5 Å². The van der Waals surface area contributed by atoms with Crippen LogP contribution in [0.25, 0.3) is 11.0 Å². The lowest BCUT2D eigenvalue weighted by atomic mass is 10.1. The van der Waals surface area contributed by atoms with Gasteiger partial charge in [-0.3, -0.25) is 4.79 Å². The summed E-state index contributed by atoms with van der Waals surface area (Å²) in [6, 6.07) is 11.0. The summed E-state index contributed by atoms with van der Waals surface area (Å²) in [6.45, 7) is 3.76. The lowest BCUT2D eigenvalue weighted by Gasteiger charge is -2.10. The summed E-state index contributed by atoms with van der Waals surface area (Å²) >= 11 is 6.88. The van der Waals surface area contributed by atoms with E-state index in [1.54, 1.807) is 31.5 Å². The summed E-state index contributed by atoms with van der Waals surface area (Å²) in [5, 5.41) is 4.86. The highest BCUT2D eigenvalue weighted by molar-refractivity contribution is 9.10. The number of methoxy groups -OCH3 is 1. The molecule has 1 aromatic heterocycles. The lowest BCUT2D eigenvalue weighted by molar-refractivity contribution is 0.0929. The Morgan fingerprint density at radius 3 is 2.85 bits per heavy atom. The zero-order chi connectivity index (χ0) is 19.4. The molecule has 0 aliphatic carbocycles. The highest BCUT2D eigenvalue weighted by atomic mass is 79.9. The van der Waals surface area contributed by atoms with E-state index in [1.807, 2.05) is 24.3 Å². The molecule has 1 heterocycles. The number of ether oxygens (including phenoxy) is 1. The van der Waals surface area contributed by atoms with E-state index in [1.165, 1.54) is 0 Å². The highest BCUT2D eigenvalue weighted by Crippen LogP contribution is 2.30. The minimum atomic E-state index is -0.419. The second-order valence-corrected chi connectivity index (χ2v) is 7.45. The van der Waals surface area contributed by atoms with Crippen molar-refractivity contribution < 1.29 is 13.9 Å². The van der Waals surface area contributed by atoms with Crippen LogP contribution >= 0.6 is 31.9 Å². The molecule has 0 atom stereocenters. The fraction of sp³-hybridized carbons (Fsp3) is 0.100. The van der Waals surface area contributed by atoms with Crippen molar-refractivity contribution >= 4 is 55.0 Å². The Bertz CT molecular complexity index is 1040. The first-order chi connectivity index (χ1) is 13.0. The van der Waals surface area contributed by atoms with Gasteiger partial charge in [-0.05, 0) is 69.9 Å². The Labute approximate surface area is 173 Å². The number of benzene rings is 2. The van der Waals surface area contributed by atoms with Crippen LogP contribution < -0.4 is 10.2 Å². The van der Waals surface area contributed by atoms with Crippen LogP contribution in [0.4, 0.5) is 0 Å². The molecule has 0 spiro atoms. The fourth-order valence-corrected chi connectivity index (χ4v) is 3.69. The summed E-state index contributed by atoms with van der Waals surface area (Å²) in [4.78, 5) is 12.3. The number of nitrogens with zero attached hydrogens (tertiary/aromatic N) is 1. The average Bonchev–Trinajstić information content (AvgIpc) is 3.05. The van der Waals surface area contributed by atoms with Crippen LogP contribution in [0.1, 0.15) is 21.7 Å². The number of allylic oxidation sites excluding steroid dienone is 1. The molecule has 0 fully saturated rings. The molecule has 0 aliphatic heterocycles. The average molecular weight is 492 g/mol. The normalized spacial score (nSPS) is 11.1. The minimum Gasteiger partial charge on any atom is -0.495 e. The quantitative estimate of drug-likeness (QED) is 0.283. The third kappa shape index (κ3) is 4.48. The molecular weight excluding hydrogens is 476 g/mol. The van der Waals surface area contributed by atoms with Crippen LogP contribution in [0.2, 0.25) is 0 Å². The Morgan fingerprint density at radius 2 is 2.11 bits per heavy atom. The van der Waals surface area contributed by atoms with E-state index in [-0.39, 0.29) is 5.76 Å². The first kappa shape index (κ1) is 19.4. The zero-order valence-corrected chi connectivity index (χ0v) is 17.6. The van der Waals surface area contributed by atoms with Crippen molar-refractivity contribution in [3.63, 3.8) is 0 Å². The Morgan fingerprint density at radius 1 is 1.30 bits per heavy atom. The maximum absolute atomic E-state index is 12.3. The molecule has 0 unspecified atom stereocenters. The van der Waals surface area contributed by atoms with Gasteiger partial charge in [0.1, 0.15) is 11.3 Å². The van der Waals surface area contributed by atoms with Crippen molar-refractivity contribution in [2.45, 2.75) is 6.42 Å². The topological polar surface area (TPSA) is 63.8 Å². The molecular formula is C20H16Br2N2O3. The molecule has 0 radical (unpaired) electrons. The van der Waals surface area contributed by atoms with Gasteiger partial charge >= 0.3 is 5.91 Å². The van der Waals surface area contributed by atoms with Crippen molar-refractivity contribution in [2.75, 3.05) is 7.11 Å². The number of rotatable bonds is 6. The van der Waals surface area contributed by atoms with E-state index in [4.69, 9.17) is 9.15 Å². The Kier molecular flexibility index (Phi) is 6.13. The van der Waals surface area contributed by atoms with Crippen LogP contribution in [-0.2, 0) is 6.42 Å². The first-order valence-electron chi connectivity index (χ1n) is 8.01. The van der Waals surface area contributed by atoms with E-state index in [2.05, 4.69) is 49.0 Å². The third-order valence-corrected chi connectivity index (χ3v) is 4.88. The standard InChI is InChI=1S/C20H16Br2N2O3/c1-3-4-13-7-12(8-16(22)19(13)26-2)11-23-24-20(25)18-10-14-9-15(21)5-6-17(14)27-18/h3,5-11H,1,4H2,2H3,(H,24,25)/b23-11+. The van der Waals surface area contributed by atoms with Gasteiger partial charge < -0.3 is 9.15 Å². The van der Waals surface area contributed by atoms with E-state index in [0.29, 0.717) is 12.0 Å². The van der Waals surface area contributed by atoms with Crippen molar-refractivity contribution in [3.05, 3.63) is 74.9 Å². The predicted molar refractivity (Wildman–Crippen MR) is 114 cm³/mol. The molecule has 27 heavy (non-hydrogen) atoms. The summed E-state index contributed by atoms with van der Waals surface area (Å²) < 4.78 is 12.7. The number of hydrogen-bond acceptors (Lipinski definition) is 4. The van der Waals surface area contributed by atoms with Crippen molar-refractivity contribution in [1.29, 1.82) is 0 Å². The molecule has 5 nitrogen and oxygen atoms in total. The molecule has 3 aromatic rings. The summed E-state index contributed by atoms with van der Waals surface area (Å²) in [5.74, 6) is 0.533. The maximum atomic E-state index is 12.3. The maximum Gasteiger partial charge on any atom is 0.307 e. The lowest BCUT2D eigenvalue weighted by Crippen LogP contribution is -2.16. The number of amides is 1. The van der Waals surface area contributed by atoms with E-state index in [0.717, 1.165) is 31.2 Å². The second kappa shape index (κ2) is 8.54. The van der Waals surface area contributed by atoms with Crippen molar-refractivity contribution in [1.82, 2.24) is 5.43 Å². The Hall–Kier alpha value is -2.38. The van der Waals surface area contributed by atoms with E-state index in [9.17, 15) is 4.79 Å². The molecule has 0 saturated heterocycles. The largest absolute Gasteiger partial charge is 0.495 e. The molecule has 1 N–H and O–H groups in total. The monoisotopic (exact) mass is 490 g/mol. The number of hydrazone groups is 1. The third-order valence-electron chi connectivity index (χ3n) is 3.79. The van der Waals surface area contributed by atoms with Crippen LogP contribution in [0.3, 0.4) is 0 Å². The summed E-state index contributed by atoms with van der Waals surface area (Å²) in [6.07, 6.45) is 4.02. The number of nitrogens with one attached hydrogen (secondary N) is 1. The number of carbonyl (C=O) groups excluding carboxylic acids is 1. The minimum absolute atomic E-state index is 0.198. The number of carbonyl (C=O) groups is 1. The fourth-order valence-electron chi connectivity index (χ4n) is 2.63. The molecule has 0 bridgehead atoms.